The van der Waals surface area contributed by atoms with Gasteiger partial charge in [-0.2, -0.15) is 0 Å². The minimum atomic E-state index is 0.902. The molecule has 4 nitrogen and oxygen atoms in total. The Morgan fingerprint density at radius 2 is 1.88 bits per heavy atom. The van der Waals surface area contributed by atoms with Crippen molar-refractivity contribution in [2.75, 3.05) is 6.26 Å². The third-order valence-corrected chi connectivity index (χ3v) is 5.47. The van der Waals surface area contributed by atoms with Crippen LogP contribution < -0.4 is 0 Å². The highest BCUT2D eigenvalue weighted by Gasteiger charge is 2.13. The number of aryl methyl sites for hydroxylation is 2. The summed E-state index contributed by atoms with van der Waals surface area (Å²) >= 11 is 1.71. The lowest BCUT2D eigenvalue weighted by Gasteiger charge is -2.07. The molecule has 0 fully saturated rings. The zero-order valence-electron chi connectivity index (χ0n) is 14.9. The zero-order chi connectivity index (χ0) is 17.8. The molecule has 2 heterocycles. The Hall–Kier alpha value is -2.53. The van der Waals surface area contributed by atoms with Gasteiger partial charge in [-0.25, -0.2) is 4.68 Å². The summed E-state index contributed by atoms with van der Waals surface area (Å²) < 4.78 is 2.05. The van der Waals surface area contributed by atoms with E-state index < -0.39 is 0 Å². The quantitative estimate of drug-likeness (QED) is 0.364. The molecule has 26 heavy (non-hydrogen) atoms. The summed E-state index contributed by atoms with van der Waals surface area (Å²) in [5.41, 5.74) is 4.74. The highest BCUT2D eigenvalue weighted by atomic mass is 32.2. The molecule has 0 aliphatic rings. The second-order valence-corrected chi connectivity index (χ2v) is 7.14. The summed E-state index contributed by atoms with van der Waals surface area (Å²) in [6.45, 7) is 0.902. The Morgan fingerprint density at radius 1 is 1.00 bits per heavy atom. The van der Waals surface area contributed by atoms with Crippen LogP contribution in [0.4, 0.5) is 0 Å². The summed E-state index contributed by atoms with van der Waals surface area (Å²) in [6.07, 6.45) is 7.42. The van der Waals surface area contributed by atoms with E-state index >= 15 is 0 Å². The summed E-state index contributed by atoms with van der Waals surface area (Å²) in [4.78, 5) is 3.28. The van der Waals surface area contributed by atoms with Gasteiger partial charge in [-0.15, -0.1) is 16.9 Å². The third kappa shape index (κ3) is 3.40. The smallest absolute Gasteiger partial charge is 0.126 e. The molecule has 4 rings (SSSR count). The molecule has 0 aliphatic heterocycles. The minimum Gasteiger partial charge on any atom is -0.361 e. The largest absolute Gasteiger partial charge is 0.361 e. The van der Waals surface area contributed by atoms with Crippen molar-refractivity contribution in [1.82, 2.24) is 20.0 Å². The van der Waals surface area contributed by atoms with Gasteiger partial charge in [0.05, 0.1) is 0 Å². The van der Waals surface area contributed by atoms with Gasteiger partial charge in [0.25, 0.3) is 0 Å². The van der Waals surface area contributed by atoms with E-state index in [2.05, 4.69) is 58.0 Å². The number of aromatic nitrogens is 4. The van der Waals surface area contributed by atoms with Gasteiger partial charge >= 0.3 is 0 Å². The number of benzene rings is 2. The Morgan fingerprint density at radius 3 is 2.73 bits per heavy atom. The van der Waals surface area contributed by atoms with Gasteiger partial charge in [0.1, 0.15) is 10.7 Å². The number of rotatable bonds is 7. The fraction of sp³-hybridized carbons (Fsp3) is 0.238. The van der Waals surface area contributed by atoms with Gasteiger partial charge < -0.3 is 4.98 Å². The fourth-order valence-electron chi connectivity index (χ4n) is 3.38. The highest BCUT2D eigenvalue weighted by molar-refractivity contribution is 7.98. The minimum absolute atomic E-state index is 0.902. The maximum Gasteiger partial charge on any atom is 0.126 e. The van der Waals surface area contributed by atoms with Crippen LogP contribution in [0.5, 0.6) is 0 Å². The van der Waals surface area contributed by atoms with Crippen molar-refractivity contribution in [3.05, 3.63) is 66.4 Å². The number of hydrogen-bond donors (Lipinski definition) is 1. The van der Waals surface area contributed by atoms with E-state index in [9.17, 15) is 0 Å². The predicted octanol–water partition coefficient (Wildman–Crippen LogP) is 5.17. The molecule has 0 radical (unpaired) electrons. The van der Waals surface area contributed by atoms with Gasteiger partial charge in [0, 0.05) is 29.2 Å². The van der Waals surface area contributed by atoms with Crippen LogP contribution in [-0.4, -0.2) is 26.2 Å². The van der Waals surface area contributed by atoms with Crippen molar-refractivity contribution < 1.29 is 0 Å². The maximum absolute atomic E-state index is 4.42. The van der Waals surface area contributed by atoms with Crippen LogP contribution in [0.2, 0.25) is 0 Å². The van der Waals surface area contributed by atoms with Crippen molar-refractivity contribution in [3.63, 3.8) is 0 Å². The van der Waals surface area contributed by atoms with Crippen molar-refractivity contribution >= 4 is 22.7 Å². The molecule has 0 atom stereocenters. The van der Waals surface area contributed by atoms with E-state index in [4.69, 9.17) is 0 Å². The van der Waals surface area contributed by atoms with Crippen LogP contribution in [0, 0.1) is 0 Å². The van der Waals surface area contributed by atoms with E-state index in [1.54, 1.807) is 11.8 Å². The summed E-state index contributed by atoms with van der Waals surface area (Å²) in [6, 6.07) is 18.9. The number of H-pyrrole nitrogens is 1. The number of aromatic amines is 1. The molecule has 132 valence electrons. The SMILES string of the molecule is CSc1c(-c2ccccc2)nnn1CCCCc1cccc2[nH]ccc12. The molecular weight excluding hydrogens is 340 g/mol. The van der Waals surface area contributed by atoms with Crippen LogP contribution in [0.15, 0.2) is 65.8 Å². The Kier molecular flexibility index (Phi) is 5.07. The van der Waals surface area contributed by atoms with Crippen molar-refractivity contribution in [3.8, 4) is 11.3 Å². The standard InChI is InChI=1S/C21H22N4S/c1-26-21-20(17-9-3-2-4-10-17)23-24-25(21)15-6-5-8-16-11-7-12-19-18(16)13-14-22-19/h2-4,7,9-14,22H,5-6,8,15H2,1H3. The van der Waals surface area contributed by atoms with Crippen LogP contribution in [0.3, 0.4) is 0 Å². The summed E-state index contributed by atoms with van der Waals surface area (Å²) in [5.74, 6) is 0. The molecule has 4 aromatic rings. The fourth-order valence-corrected chi connectivity index (χ4v) is 4.07. The van der Waals surface area contributed by atoms with Gasteiger partial charge in [0.15, 0.2) is 0 Å². The van der Waals surface area contributed by atoms with Gasteiger partial charge in [-0.05, 0) is 43.2 Å². The second kappa shape index (κ2) is 7.79. The average Bonchev–Trinajstić information content (AvgIpc) is 3.32. The van der Waals surface area contributed by atoms with Crippen LogP contribution >= 0.6 is 11.8 Å². The van der Waals surface area contributed by atoms with E-state index in [1.165, 1.54) is 16.5 Å². The van der Waals surface area contributed by atoms with Crippen molar-refractivity contribution in [1.29, 1.82) is 0 Å². The lowest BCUT2D eigenvalue weighted by atomic mass is 10.0. The van der Waals surface area contributed by atoms with Gasteiger partial charge in [-0.1, -0.05) is 47.7 Å². The lowest BCUT2D eigenvalue weighted by Crippen LogP contribution is -2.02. The third-order valence-electron chi connectivity index (χ3n) is 4.68. The molecular formula is C21H22N4S. The molecule has 2 aromatic heterocycles. The van der Waals surface area contributed by atoms with E-state index in [0.29, 0.717) is 0 Å². The van der Waals surface area contributed by atoms with Gasteiger partial charge in [0.2, 0.25) is 0 Å². The number of fused-ring (bicyclic) bond motifs is 1. The Balaban J connectivity index is 1.41. The second-order valence-electron chi connectivity index (χ2n) is 6.35. The van der Waals surface area contributed by atoms with Crippen molar-refractivity contribution in [2.45, 2.75) is 30.8 Å². The molecule has 2 aromatic carbocycles. The first-order valence-electron chi connectivity index (χ1n) is 8.94. The summed E-state index contributed by atoms with van der Waals surface area (Å²) in [7, 11) is 0. The Labute approximate surface area is 157 Å². The van der Waals surface area contributed by atoms with E-state index in [1.807, 2.05) is 29.1 Å². The molecule has 0 unspecified atom stereocenters. The number of thioether (sulfide) groups is 1. The normalized spacial score (nSPS) is 11.3. The molecule has 0 bridgehead atoms. The summed E-state index contributed by atoms with van der Waals surface area (Å²) in [5, 5.41) is 11.3. The number of nitrogens with zero attached hydrogens (tertiary/aromatic N) is 3. The maximum atomic E-state index is 4.42. The predicted molar refractivity (Wildman–Crippen MR) is 108 cm³/mol. The molecule has 5 heteroatoms. The lowest BCUT2D eigenvalue weighted by molar-refractivity contribution is 0.511. The number of hydrogen-bond acceptors (Lipinski definition) is 3. The first kappa shape index (κ1) is 16.9. The first-order valence-corrected chi connectivity index (χ1v) is 10.2. The van der Waals surface area contributed by atoms with Gasteiger partial charge in [-0.3, -0.25) is 0 Å². The Bertz CT molecular complexity index is 988. The van der Waals surface area contributed by atoms with Crippen LogP contribution in [0.1, 0.15) is 18.4 Å². The molecule has 0 saturated heterocycles. The molecule has 1 N–H and O–H groups in total. The monoisotopic (exact) mass is 362 g/mol. The van der Waals surface area contributed by atoms with E-state index in [0.717, 1.165) is 42.1 Å². The van der Waals surface area contributed by atoms with Crippen molar-refractivity contribution in [2.24, 2.45) is 0 Å². The highest BCUT2D eigenvalue weighted by Crippen LogP contribution is 2.28. The molecule has 0 amide bonds. The van der Waals surface area contributed by atoms with Crippen LogP contribution in [0.25, 0.3) is 22.2 Å². The molecule has 0 spiro atoms. The van der Waals surface area contributed by atoms with Crippen LogP contribution in [-0.2, 0) is 13.0 Å². The molecule has 0 aliphatic carbocycles. The topological polar surface area (TPSA) is 46.5 Å². The molecule has 0 saturated carbocycles. The van der Waals surface area contributed by atoms with E-state index in [-0.39, 0.29) is 0 Å². The first-order chi connectivity index (χ1) is 12.9. The number of nitrogens with one attached hydrogen (secondary N) is 1. The zero-order valence-corrected chi connectivity index (χ0v) is 15.7. The average molecular weight is 363 g/mol. The number of unbranched alkanes of at least 4 members (excludes halogenated alkanes) is 1.